The van der Waals surface area contributed by atoms with Crippen LogP contribution < -0.4 is 20.4 Å². The van der Waals surface area contributed by atoms with Crippen LogP contribution in [0.3, 0.4) is 0 Å². The highest BCUT2D eigenvalue weighted by Crippen LogP contribution is 2.38. The number of pyridine rings is 1. The Morgan fingerprint density at radius 3 is 2.29 bits per heavy atom. The number of aromatic nitrogens is 4. The lowest BCUT2D eigenvalue weighted by Gasteiger charge is -2.44. The molecular weight excluding hydrogens is 685 g/mol. The Morgan fingerprint density at radius 1 is 1.00 bits per heavy atom. The number of nitrogens with one attached hydrogen (secondary N) is 1. The number of amides is 1. The first kappa shape index (κ1) is 36.5. The molecule has 0 aliphatic rings. The number of carbonyl (C=O) groups is 1. The molecule has 0 bridgehead atoms. The van der Waals surface area contributed by atoms with Crippen LogP contribution >= 0.6 is 0 Å². The summed E-state index contributed by atoms with van der Waals surface area (Å²) < 4.78 is 49.3. The Morgan fingerprint density at radius 2 is 1.67 bits per heavy atom. The summed E-state index contributed by atoms with van der Waals surface area (Å²) in [6.07, 6.45) is -2.16. The van der Waals surface area contributed by atoms with Crippen molar-refractivity contribution in [1.29, 1.82) is 0 Å². The number of aryl methyl sites for hydroxylation is 1. The minimum Gasteiger partial charge on any atom is -0.491 e. The van der Waals surface area contributed by atoms with Crippen molar-refractivity contribution in [3.8, 4) is 17.1 Å². The van der Waals surface area contributed by atoms with Gasteiger partial charge < -0.3 is 24.1 Å². The van der Waals surface area contributed by atoms with Crippen molar-refractivity contribution in [3.63, 3.8) is 0 Å². The predicted octanol–water partition coefficient (Wildman–Crippen LogP) is 6.46. The van der Waals surface area contributed by atoms with Crippen LogP contribution in [0.4, 0.5) is 14.5 Å². The molecule has 0 aliphatic heterocycles. The molecule has 0 spiro atoms. The molecule has 0 saturated carbocycles. The van der Waals surface area contributed by atoms with Crippen LogP contribution in [0.5, 0.6) is 5.75 Å². The number of aliphatic hydroxyl groups is 1. The third-order valence-electron chi connectivity index (χ3n) is 8.82. The van der Waals surface area contributed by atoms with Crippen molar-refractivity contribution in [2.75, 3.05) is 11.9 Å². The van der Waals surface area contributed by atoms with Crippen molar-refractivity contribution < 1.29 is 32.4 Å². The molecule has 6 aromatic rings. The SMILES string of the molecule is Cc1ccc(-c2noc(C[C@H](O[Si](c3ccccc3)(c3ccccc3)C(C)(C)C)C(F)F)n2)cc1NC(=O)c1cnc2cc(OCC(C)O)ccn12. The zero-order valence-corrected chi connectivity index (χ0v) is 30.6. The number of imidazole rings is 1. The van der Waals surface area contributed by atoms with Gasteiger partial charge in [0.25, 0.3) is 20.7 Å². The first-order valence-corrected chi connectivity index (χ1v) is 18.9. The molecule has 1 amide bonds. The second kappa shape index (κ2) is 15.2. The van der Waals surface area contributed by atoms with Gasteiger partial charge in [0.2, 0.25) is 11.7 Å². The van der Waals surface area contributed by atoms with Crippen molar-refractivity contribution in [2.24, 2.45) is 0 Å². The Labute approximate surface area is 301 Å². The molecule has 10 nitrogen and oxygen atoms in total. The maximum absolute atomic E-state index is 14.9. The Kier molecular flexibility index (Phi) is 10.7. The van der Waals surface area contributed by atoms with Gasteiger partial charge in [0.1, 0.15) is 29.8 Å². The number of alkyl halides is 2. The summed E-state index contributed by atoms with van der Waals surface area (Å²) in [5, 5.41) is 17.8. The maximum atomic E-state index is 14.9. The van der Waals surface area contributed by atoms with Gasteiger partial charge >= 0.3 is 0 Å². The summed E-state index contributed by atoms with van der Waals surface area (Å²) in [5.41, 5.74) is 2.60. The molecule has 1 unspecified atom stereocenters. The average Bonchev–Trinajstić information content (AvgIpc) is 3.77. The number of hydrogen-bond acceptors (Lipinski definition) is 8. The van der Waals surface area contributed by atoms with Gasteiger partial charge in [-0.2, -0.15) is 4.98 Å². The van der Waals surface area contributed by atoms with Crippen molar-refractivity contribution in [2.45, 2.75) is 64.7 Å². The number of hydrogen-bond donors (Lipinski definition) is 2. The molecule has 2 N–H and O–H groups in total. The third-order valence-corrected chi connectivity index (χ3v) is 13.9. The summed E-state index contributed by atoms with van der Waals surface area (Å²) in [4.78, 5) is 22.2. The molecule has 52 heavy (non-hydrogen) atoms. The van der Waals surface area contributed by atoms with Gasteiger partial charge in [-0.15, -0.1) is 0 Å². The average molecular weight is 726 g/mol. The van der Waals surface area contributed by atoms with Crippen LogP contribution in [0, 0.1) is 6.92 Å². The first-order chi connectivity index (χ1) is 24.9. The monoisotopic (exact) mass is 725 g/mol. The molecule has 0 saturated heterocycles. The fourth-order valence-corrected chi connectivity index (χ4v) is 10.9. The number of nitrogens with zero attached hydrogens (tertiary/aromatic N) is 4. The standard InChI is InChI=1S/C39H41F2N5O5Si/c1-25-16-17-27(20-31(25)43-38(48)32-23-42-34-21-28(18-19-46(32)34)49-24-26(2)47)37-44-35(50-45-37)22-33(36(40)41)51-52(39(3,4)5,29-12-8-6-9-13-29)30-14-10-7-11-15-30/h6-21,23,26,33,36,47H,22,24H2,1-5H3,(H,43,48)/t26?,33-/m0/s1. The Hall–Kier alpha value is -5.24. The van der Waals surface area contributed by atoms with Crippen molar-refractivity contribution >= 4 is 35.9 Å². The summed E-state index contributed by atoms with van der Waals surface area (Å²) >= 11 is 0. The highest BCUT2D eigenvalue weighted by atomic mass is 28.4. The van der Waals surface area contributed by atoms with E-state index in [0.717, 1.165) is 15.9 Å². The molecule has 13 heteroatoms. The molecule has 0 fully saturated rings. The van der Waals surface area contributed by atoms with Crippen molar-refractivity contribution in [1.82, 2.24) is 19.5 Å². The lowest BCUT2D eigenvalue weighted by atomic mass is 10.1. The highest BCUT2D eigenvalue weighted by molar-refractivity contribution is 6.99. The quantitative estimate of drug-likeness (QED) is 0.130. The maximum Gasteiger partial charge on any atom is 0.274 e. The van der Waals surface area contributed by atoms with Gasteiger partial charge in [0.05, 0.1) is 18.7 Å². The lowest BCUT2D eigenvalue weighted by Crippen LogP contribution is -2.68. The fourth-order valence-electron chi connectivity index (χ4n) is 6.25. The Bertz CT molecular complexity index is 2090. The van der Waals surface area contributed by atoms with Crippen LogP contribution in [0.15, 0.2) is 108 Å². The lowest BCUT2D eigenvalue weighted by molar-refractivity contribution is 0.00243. The summed E-state index contributed by atoms with van der Waals surface area (Å²) in [6.45, 7) is 9.69. The zero-order chi connectivity index (χ0) is 37.0. The minimum absolute atomic E-state index is 0.00641. The first-order valence-electron chi connectivity index (χ1n) is 17.0. The zero-order valence-electron chi connectivity index (χ0n) is 29.6. The second-order valence-corrected chi connectivity index (χ2v) is 18.0. The third kappa shape index (κ3) is 7.66. The molecular formula is C39H41F2N5O5Si. The number of rotatable bonds is 13. The van der Waals surface area contributed by atoms with Crippen LogP contribution in [0.2, 0.25) is 5.04 Å². The van der Waals surface area contributed by atoms with Gasteiger partial charge in [-0.1, -0.05) is 98.7 Å². The number of fused-ring (bicyclic) bond motifs is 1. The predicted molar refractivity (Wildman–Crippen MR) is 197 cm³/mol. The molecule has 270 valence electrons. The van der Waals surface area contributed by atoms with Crippen LogP contribution in [-0.2, 0) is 10.8 Å². The van der Waals surface area contributed by atoms with Gasteiger partial charge in [-0.3, -0.25) is 9.20 Å². The number of benzene rings is 3. The van der Waals surface area contributed by atoms with Gasteiger partial charge in [0.15, 0.2) is 0 Å². The molecule has 0 radical (unpaired) electrons. The normalized spacial score (nSPS) is 13.3. The van der Waals surface area contributed by atoms with E-state index in [2.05, 4.69) is 20.4 Å². The second-order valence-electron chi connectivity index (χ2n) is 13.7. The van der Waals surface area contributed by atoms with Crippen LogP contribution in [0.25, 0.3) is 17.0 Å². The summed E-state index contributed by atoms with van der Waals surface area (Å²) in [5.74, 6) is 0.304. The van der Waals surface area contributed by atoms with E-state index in [1.54, 1.807) is 47.9 Å². The van der Waals surface area contributed by atoms with E-state index in [1.165, 1.54) is 6.20 Å². The van der Waals surface area contributed by atoms with E-state index >= 15 is 0 Å². The molecule has 2 atom stereocenters. The van der Waals surface area contributed by atoms with E-state index in [4.69, 9.17) is 13.7 Å². The topological polar surface area (TPSA) is 124 Å². The van der Waals surface area contributed by atoms with E-state index in [-0.39, 0.29) is 24.7 Å². The van der Waals surface area contributed by atoms with Gasteiger partial charge in [-0.05, 0) is 47.0 Å². The summed E-state index contributed by atoms with van der Waals surface area (Å²) in [6, 6.07) is 27.9. The number of halogens is 2. The fraction of sp³-hybridized carbons (Fsp3) is 0.282. The van der Waals surface area contributed by atoms with E-state index in [0.29, 0.717) is 28.3 Å². The highest BCUT2D eigenvalue weighted by Gasteiger charge is 2.52. The molecule has 0 aliphatic carbocycles. The number of anilines is 1. The number of aliphatic hydroxyl groups excluding tert-OH is 1. The molecule has 3 heterocycles. The van der Waals surface area contributed by atoms with Crippen molar-refractivity contribution in [3.05, 3.63) is 121 Å². The number of carbonyl (C=O) groups excluding carboxylic acids is 1. The minimum atomic E-state index is -3.30. The van der Waals surface area contributed by atoms with E-state index < -0.39 is 37.9 Å². The van der Waals surface area contributed by atoms with E-state index in [1.807, 2.05) is 88.4 Å². The van der Waals surface area contributed by atoms with Gasteiger partial charge in [-0.25, -0.2) is 13.8 Å². The number of ether oxygens (including phenoxy) is 1. The Balaban J connectivity index is 1.23. The van der Waals surface area contributed by atoms with Gasteiger partial charge in [0, 0.05) is 23.5 Å². The van der Waals surface area contributed by atoms with E-state index in [9.17, 15) is 18.7 Å². The largest absolute Gasteiger partial charge is 0.491 e. The van der Waals surface area contributed by atoms with Crippen LogP contribution in [-0.4, -0.2) is 64.1 Å². The molecule has 3 aromatic heterocycles. The summed E-state index contributed by atoms with van der Waals surface area (Å²) in [7, 11) is -3.30. The molecule has 3 aromatic carbocycles. The van der Waals surface area contributed by atoms with Crippen LogP contribution in [0.1, 0.15) is 49.6 Å². The smallest absolute Gasteiger partial charge is 0.274 e. The molecule has 6 rings (SSSR count).